The largest absolute Gasteiger partial charge is 0.423 e. The number of halogens is 2. The maximum atomic E-state index is 11.3. The number of carbonyl (C=O) groups is 2. The zero-order chi connectivity index (χ0) is 14.8. The van der Waals surface area contributed by atoms with Gasteiger partial charge in [0.15, 0.2) is 11.5 Å². The fourth-order valence-electron chi connectivity index (χ4n) is 1.16. The van der Waals surface area contributed by atoms with E-state index < -0.39 is 21.0 Å². The number of benzene rings is 1. The minimum Gasteiger partial charge on any atom is -0.423 e. The van der Waals surface area contributed by atoms with Gasteiger partial charge in [-0.15, -0.1) is 0 Å². The molecule has 0 aliphatic carbocycles. The smallest absolute Gasteiger partial charge is 0.308 e. The van der Waals surface area contributed by atoms with Gasteiger partial charge in [-0.2, -0.15) is 0 Å². The lowest BCUT2D eigenvalue weighted by atomic mass is 10.3. The Labute approximate surface area is 122 Å². The van der Waals surface area contributed by atoms with Crippen LogP contribution in [0.25, 0.3) is 0 Å². The second-order valence-corrected chi connectivity index (χ2v) is 6.78. The SMILES string of the molecule is CC(=O)Oc1cc(S(=O)(=O)Cl)cc(Br)c1OC(C)=O. The summed E-state index contributed by atoms with van der Waals surface area (Å²) in [6, 6.07) is 2.13. The number of ether oxygens (including phenoxy) is 2. The molecule has 1 aromatic rings. The third-order valence-electron chi connectivity index (χ3n) is 1.76. The van der Waals surface area contributed by atoms with Gasteiger partial charge in [0.1, 0.15) is 0 Å². The van der Waals surface area contributed by atoms with Gasteiger partial charge >= 0.3 is 11.9 Å². The fourth-order valence-corrected chi connectivity index (χ4v) is 2.61. The molecule has 0 saturated heterocycles. The number of hydrogen-bond acceptors (Lipinski definition) is 6. The summed E-state index contributed by atoms with van der Waals surface area (Å²) in [6.07, 6.45) is 0. The van der Waals surface area contributed by atoms with Gasteiger partial charge in [-0.1, -0.05) is 0 Å². The monoisotopic (exact) mass is 370 g/mol. The zero-order valence-electron chi connectivity index (χ0n) is 9.77. The fraction of sp³-hybridized carbons (Fsp3) is 0.200. The van der Waals surface area contributed by atoms with Crippen LogP contribution in [0.5, 0.6) is 11.5 Å². The van der Waals surface area contributed by atoms with E-state index in [1.807, 2.05) is 0 Å². The van der Waals surface area contributed by atoms with Crippen molar-refractivity contribution in [3.8, 4) is 11.5 Å². The maximum absolute atomic E-state index is 11.3. The summed E-state index contributed by atoms with van der Waals surface area (Å²) in [4.78, 5) is 21.6. The van der Waals surface area contributed by atoms with Crippen LogP contribution < -0.4 is 9.47 Å². The van der Waals surface area contributed by atoms with Gasteiger partial charge in [0.25, 0.3) is 9.05 Å². The van der Waals surface area contributed by atoms with Crippen molar-refractivity contribution >= 4 is 47.6 Å². The topological polar surface area (TPSA) is 86.7 Å². The van der Waals surface area contributed by atoms with E-state index in [0.29, 0.717) is 0 Å². The molecule has 0 saturated carbocycles. The molecule has 0 bridgehead atoms. The molecule has 9 heteroatoms. The average molecular weight is 372 g/mol. The molecule has 6 nitrogen and oxygen atoms in total. The summed E-state index contributed by atoms with van der Waals surface area (Å²) >= 11 is 3.02. The highest BCUT2D eigenvalue weighted by molar-refractivity contribution is 9.10. The summed E-state index contributed by atoms with van der Waals surface area (Å²) in [7, 11) is 1.18. The molecule has 0 atom stereocenters. The molecular weight excluding hydrogens is 364 g/mol. The Balaban J connectivity index is 3.46. The molecule has 0 radical (unpaired) electrons. The molecule has 1 aromatic carbocycles. The lowest BCUT2D eigenvalue weighted by Gasteiger charge is -2.11. The van der Waals surface area contributed by atoms with Crippen LogP contribution in [-0.4, -0.2) is 20.4 Å². The lowest BCUT2D eigenvalue weighted by molar-refractivity contribution is -0.134. The Kier molecular flexibility index (Phi) is 4.94. The first-order valence-electron chi connectivity index (χ1n) is 4.76. The number of hydrogen-bond donors (Lipinski definition) is 0. The molecular formula is C10H8BrClO6S. The van der Waals surface area contributed by atoms with Crippen LogP contribution in [-0.2, 0) is 18.6 Å². The van der Waals surface area contributed by atoms with Crippen LogP contribution in [0, 0.1) is 0 Å². The van der Waals surface area contributed by atoms with Crippen LogP contribution in [0.1, 0.15) is 13.8 Å². The third kappa shape index (κ3) is 4.48. The van der Waals surface area contributed by atoms with Crippen molar-refractivity contribution in [2.24, 2.45) is 0 Å². The Bertz CT molecular complexity index is 640. The van der Waals surface area contributed by atoms with Gasteiger partial charge in [-0.3, -0.25) is 9.59 Å². The molecule has 0 aromatic heterocycles. The quantitative estimate of drug-likeness (QED) is 0.460. The molecule has 0 aliphatic heterocycles. The lowest BCUT2D eigenvalue weighted by Crippen LogP contribution is -2.08. The van der Waals surface area contributed by atoms with Crippen molar-refractivity contribution in [1.29, 1.82) is 0 Å². The number of rotatable bonds is 3. The molecule has 0 aliphatic rings. The van der Waals surface area contributed by atoms with E-state index in [-0.39, 0.29) is 20.9 Å². The van der Waals surface area contributed by atoms with Crippen molar-refractivity contribution in [3.63, 3.8) is 0 Å². The summed E-state index contributed by atoms with van der Waals surface area (Å²) in [5.74, 6) is -1.69. The Hall–Kier alpha value is -1.12. The van der Waals surface area contributed by atoms with E-state index in [4.69, 9.17) is 20.2 Å². The van der Waals surface area contributed by atoms with Crippen molar-refractivity contribution in [3.05, 3.63) is 16.6 Å². The van der Waals surface area contributed by atoms with E-state index in [0.717, 1.165) is 26.0 Å². The second kappa shape index (κ2) is 5.89. The first-order chi connectivity index (χ1) is 8.61. The highest BCUT2D eigenvalue weighted by Crippen LogP contribution is 2.39. The van der Waals surface area contributed by atoms with Gasteiger partial charge in [0.05, 0.1) is 9.37 Å². The van der Waals surface area contributed by atoms with Crippen LogP contribution in [0.4, 0.5) is 0 Å². The summed E-state index contributed by atoms with van der Waals surface area (Å²) in [6.45, 7) is 2.27. The van der Waals surface area contributed by atoms with Gasteiger partial charge in [0, 0.05) is 30.6 Å². The predicted octanol–water partition coefficient (Wildman–Crippen LogP) is 2.23. The highest BCUT2D eigenvalue weighted by Gasteiger charge is 2.20. The van der Waals surface area contributed by atoms with E-state index in [1.54, 1.807) is 0 Å². The summed E-state index contributed by atoms with van der Waals surface area (Å²) < 4.78 is 32.3. The molecule has 104 valence electrons. The highest BCUT2D eigenvalue weighted by atomic mass is 79.9. The minimum absolute atomic E-state index is 0.105. The molecule has 0 amide bonds. The van der Waals surface area contributed by atoms with Gasteiger partial charge in [-0.05, 0) is 22.0 Å². The number of carbonyl (C=O) groups excluding carboxylic acids is 2. The van der Waals surface area contributed by atoms with Gasteiger partial charge in [0.2, 0.25) is 0 Å². The van der Waals surface area contributed by atoms with Crippen molar-refractivity contribution in [2.75, 3.05) is 0 Å². The Morgan fingerprint density at radius 2 is 1.68 bits per heavy atom. The first kappa shape index (κ1) is 15.9. The second-order valence-electron chi connectivity index (χ2n) is 3.36. The van der Waals surface area contributed by atoms with Crippen molar-refractivity contribution < 1.29 is 27.5 Å². The molecule has 0 N–H and O–H groups in total. The molecule has 0 heterocycles. The minimum atomic E-state index is -4.02. The van der Waals surface area contributed by atoms with Crippen LogP contribution in [0.3, 0.4) is 0 Å². The Morgan fingerprint density at radius 1 is 1.16 bits per heavy atom. The van der Waals surface area contributed by atoms with E-state index in [9.17, 15) is 18.0 Å². The summed E-state index contributed by atoms with van der Waals surface area (Å²) in [5, 5.41) is 0. The van der Waals surface area contributed by atoms with Crippen molar-refractivity contribution in [2.45, 2.75) is 18.7 Å². The van der Waals surface area contributed by atoms with E-state index in [2.05, 4.69) is 15.9 Å². The van der Waals surface area contributed by atoms with Crippen LogP contribution in [0.2, 0.25) is 0 Å². The molecule has 0 fully saturated rings. The maximum Gasteiger partial charge on any atom is 0.308 e. The van der Waals surface area contributed by atoms with E-state index in [1.165, 1.54) is 0 Å². The normalized spacial score (nSPS) is 10.9. The third-order valence-corrected chi connectivity index (χ3v) is 3.69. The van der Waals surface area contributed by atoms with Gasteiger partial charge in [-0.25, -0.2) is 8.42 Å². The van der Waals surface area contributed by atoms with Gasteiger partial charge < -0.3 is 9.47 Å². The van der Waals surface area contributed by atoms with Crippen LogP contribution >= 0.6 is 26.6 Å². The van der Waals surface area contributed by atoms with Crippen molar-refractivity contribution in [1.82, 2.24) is 0 Å². The average Bonchev–Trinajstić information content (AvgIpc) is 2.20. The molecule has 0 unspecified atom stereocenters. The standard InChI is InChI=1S/C10H8BrClO6S/c1-5(13)17-9-4-7(19(12,15)16)3-8(11)10(9)18-6(2)14/h3-4H,1-2H3. The van der Waals surface area contributed by atoms with E-state index >= 15 is 0 Å². The molecule has 1 rings (SSSR count). The summed E-state index contributed by atoms with van der Waals surface area (Å²) in [5.41, 5.74) is 0. The molecule has 0 spiro atoms. The Morgan fingerprint density at radius 3 is 2.11 bits per heavy atom. The van der Waals surface area contributed by atoms with Crippen LogP contribution in [0.15, 0.2) is 21.5 Å². The molecule has 19 heavy (non-hydrogen) atoms. The zero-order valence-corrected chi connectivity index (χ0v) is 12.9. The predicted molar refractivity (Wildman–Crippen MR) is 69.8 cm³/mol. The first-order valence-corrected chi connectivity index (χ1v) is 7.86. The number of esters is 2.